The van der Waals surface area contributed by atoms with Gasteiger partial charge in [0.05, 0.1) is 18.4 Å². The molecule has 4 nitrogen and oxygen atoms in total. The highest BCUT2D eigenvalue weighted by atomic mass is 35.5. The van der Waals surface area contributed by atoms with Crippen LogP contribution in [0, 0.1) is 17.3 Å². The maximum atomic E-state index is 12.2. The minimum absolute atomic E-state index is 0.0760. The lowest BCUT2D eigenvalue weighted by atomic mass is 10.1. The van der Waals surface area contributed by atoms with Crippen LogP contribution in [0.3, 0.4) is 0 Å². The number of carbonyl (C=O) groups is 2. The fourth-order valence-corrected chi connectivity index (χ4v) is 3.27. The number of fused-ring (bicyclic) bond motifs is 1. The molecule has 1 aliphatic heterocycles. The van der Waals surface area contributed by atoms with Crippen molar-refractivity contribution in [2.24, 2.45) is 17.3 Å². The maximum absolute atomic E-state index is 12.2. The fourth-order valence-electron chi connectivity index (χ4n) is 3.02. The Kier molecular flexibility index (Phi) is 2.45. The first-order valence-electron chi connectivity index (χ1n) is 6.23. The van der Waals surface area contributed by atoms with Gasteiger partial charge in [-0.25, -0.2) is 0 Å². The highest BCUT2D eigenvalue weighted by Crippen LogP contribution is 2.63. The Morgan fingerprint density at radius 2 is 1.84 bits per heavy atom. The average molecular weight is 279 g/mol. The van der Waals surface area contributed by atoms with Crippen molar-refractivity contribution in [2.45, 2.75) is 20.4 Å². The van der Waals surface area contributed by atoms with E-state index in [9.17, 15) is 9.59 Å². The van der Waals surface area contributed by atoms with Gasteiger partial charge in [0, 0.05) is 10.7 Å². The second-order valence-electron chi connectivity index (χ2n) is 5.89. The Balaban J connectivity index is 1.83. The van der Waals surface area contributed by atoms with Gasteiger partial charge in [0.2, 0.25) is 11.8 Å². The van der Waals surface area contributed by atoms with Gasteiger partial charge < -0.3 is 5.73 Å². The van der Waals surface area contributed by atoms with Crippen LogP contribution in [-0.4, -0.2) is 16.7 Å². The molecular weight excluding hydrogens is 264 g/mol. The van der Waals surface area contributed by atoms with E-state index in [1.165, 1.54) is 4.90 Å². The SMILES string of the molecule is CC1(C)C2C(=O)N(Cc3ccc(N)cc3Cl)C(=O)C21. The van der Waals surface area contributed by atoms with E-state index in [1.807, 2.05) is 13.8 Å². The van der Waals surface area contributed by atoms with Crippen LogP contribution in [0.25, 0.3) is 0 Å². The smallest absolute Gasteiger partial charge is 0.233 e. The van der Waals surface area contributed by atoms with Crippen molar-refractivity contribution < 1.29 is 9.59 Å². The number of hydrogen-bond acceptors (Lipinski definition) is 3. The number of benzene rings is 1. The first-order chi connectivity index (χ1) is 8.84. The number of halogens is 1. The van der Waals surface area contributed by atoms with Crippen molar-refractivity contribution >= 4 is 29.1 Å². The van der Waals surface area contributed by atoms with Crippen LogP contribution >= 0.6 is 11.6 Å². The molecule has 1 saturated heterocycles. The van der Waals surface area contributed by atoms with Crippen LogP contribution in [0.2, 0.25) is 5.02 Å². The van der Waals surface area contributed by atoms with Gasteiger partial charge >= 0.3 is 0 Å². The average Bonchev–Trinajstić information content (AvgIpc) is 2.78. The molecule has 1 heterocycles. The highest BCUT2D eigenvalue weighted by molar-refractivity contribution is 6.31. The largest absolute Gasteiger partial charge is 0.399 e. The van der Waals surface area contributed by atoms with Crippen LogP contribution in [0.1, 0.15) is 19.4 Å². The number of anilines is 1. The minimum atomic E-state index is -0.171. The maximum Gasteiger partial charge on any atom is 0.233 e. The number of likely N-dealkylation sites (tertiary alicyclic amines) is 1. The Bertz CT molecular complexity index is 573. The summed E-state index contributed by atoms with van der Waals surface area (Å²) in [5, 5.41) is 0.487. The van der Waals surface area contributed by atoms with Gasteiger partial charge in [-0.15, -0.1) is 0 Å². The fraction of sp³-hybridized carbons (Fsp3) is 0.429. The number of piperidine rings is 1. The van der Waals surface area contributed by atoms with Gasteiger partial charge in [-0.1, -0.05) is 31.5 Å². The van der Waals surface area contributed by atoms with Gasteiger partial charge in [0.25, 0.3) is 0 Å². The molecule has 5 heteroatoms. The number of hydrogen-bond donors (Lipinski definition) is 1. The monoisotopic (exact) mass is 278 g/mol. The summed E-state index contributed by atoms with van der Waals surface area (Å²) in [6.07, 6.45) is 0. The lowest BCUT2D eigenvalue weighted by Gasteiger charge is -2.21. The van der Waals surface area contributed by atoms with Gasteiger partial charge in [-0.2, -0.15) is 0 Å². The summed E-state index contributed by atoms with van der Waals surface area (Å²) in [5.41, 5.74) is 6.77. The molecule has 2 fully saturated rings. The normalized spacial score (nSPS) is 27.6. The third kappa shape index (κ3) is 1.66. The van der Waals surface area contributed by atoms with E-state index in [-0.39, 0.29) is 35.6 Å². The minimum Gasteiger partial charge on any atom is -0.399 e. The zero-order valence-electron chi connectivity index (χ0n) is 10.8. The molecule has 1 aromatic carbocycles. The molecule has 0 radical (unpaired) electrons. The first-order valence-corrected chi connectivity index (χ1v) is 6.61. The molecule has 0 spiro atoms. The van der Waals surface area contributed by atoms with E-state index in [0.29, 0.717) is 10.7 Å². The van der Waals surface area contributed by atoms with E-state index >= 15 is 0 Å². The van der Waals surface area contributed by atoms with E-state index in [2.05, 4.69) is 0 Å². The predicted molar refractivity (Wildman–Crippen MR) is 72.2 cm³/mol. The molecule has 2 aliphatic rings. The molecule has 1 aliphatic carbocycles. The summed E-state index contributed by atoms with van der Waals surface area (Å²) in [7, 11) is 0. The molecule has 19 heavy (non-hydrogen) atoms. The van der Waals surface area contributed by atoms with E-state index in [4.69, 9.17) is 17.3 Å². The number of carbonyl (C=O) groups excluding carboxylic acids is 2. The zero-order chi connectivity index (χ0) is 13.9. The topological polar surface area (TPSA) is 63.4 Å². The molecule has 2 N–H and O–H groups in total. The number of imide groups is 1. The van der Waals surface area contributed by atoms with Crippen molar-refractivity contribution in [1.29, 1.82) is 0 Å². The molecule has 3 rings (SSSR count). The number of nitrogens with two attached hydrogens (primary N) is 1. The molecule has 0 aromatic heterocycles. The van der Waals surface area contributed by atoms with Crippen LogP contribution in [-0.2, 0) is 16.1 Å². The van der Waals surface area contributed by atoms with E-state index in [0.717, 1.165) is 5.56 Å². The van der Waals surface area contributed by atoms with Crippen LogP contribution in [0.5, 0.6) is 0 Å². The summed E-state index contributed by atoms with van der Waals surface area (Å²) >= 11 is 6.08. The number of nitrogens with zero attached hydrogens (tertiary/aromatic N) is 1. The third-order valence-electron chi connectivity index (χ3n) is 4.30. The summed E-state index contributed by atoms with van der Waals surface area (Å²) in [5.74, 6) is -0.444. The van der Waals surface area contributed by atoms with Crippen molar-refractivity contribution in [3.8, 4) is 0 Å². The number of nitrogen functional groups attached to an aromatic ring is 1. The third-order valence-corrected chi connectivity index (χ3v) is 4.65. The van der Waals surface area contributed by atoms with Gasteiger partial charge in [0.1, 0.15) is 0 Å². The molecule has 2 atom stereocenters. The number of amides is 2. The molecule has 1 aromatic rings. The predicted octanol–water partition coefficient (Wildman–Crippen LogP) is 2.06. The van der Waals surface area contributed by atoms with Crippen molar-refractivity contribution in [3.63, 3.8) is 0 Å². The molecule has 2 amide bonds. The van der Waals surface area contributed by atoms with E-state index < -0.39 is 0 Å². The second kappa shape index (κ2) is 3.73. The number of rotatable bonds is 2. The van der Waals surface area contributed by atoms with Gasteiger partial charge in [-0.05, 0) is 23.1 Å². The lowest BCUT2D eigenvalue weighted by molar-refractivity contribution is -0.143. The van der Waals surface area contributed by atoms with Crippen LogP contribution in [0.4, 0.5) is 5.69 Å². The Morgan fingerprint density at radius 3 is 2.37 bits per heavy atom. The molecule has 100 valence electrons. The summed E-state index contributed by atoms with van der Waals surface area (Å²) in [4.78, 5) is 25.7. The van der Waals surface area contributed by atoms with E-state index in [1.54, 1.807) is 18.2 Å². The van der Waals surface area contributed by atoms with Crippen LogP contribution in [0.15, 0.2) is 18.2 Å². The van der Waals surface area contributed by atoms with Crippen LogP contribution < -0.4 is 5.73 Å². The summed E-state index contributed by atoms with van der Waals surface area (Å²) in [6, 6.07) is 5.11. The Morgan fingerprint density at radius 1 is 1.26 bits per heavy atom. The van der Waals surface area contributed by atoms with Crippen molar-refractivity contribution in [2.75, 3.05) is 5.73 Å². The molecule has 2 unspecified atom stereocenters. The summed E-state index contributed by atoms with van der Waals surface area (Å²) < 4.78 is 0. The first kappa shape index (κ1) is 12.5. The van der Waals surface area contributed by atoms with Crippen molar-refractivity contribution in [3.05, 3.63) is 28.8 Å². The standard InChI is InChI=1S/C14H15ClN2O2/c1-14(2)10-11(14)13(19)17(12(10)18)6-7-3-4-8(16)5-9(7)15/h3-5,10-11H,6,16H2,1-2H3. The summed E-state index contributed by atoms with van der Waals surface area (Å²) in [6.45, 7) is 4.16. The second-order valence-corrected chi connectivity index (χ2v) is 6.30. The zero-order valence-corrected chi connectivity index (χ0v) is 11.6. The van der Waals surface area contributed by atoms with Gasteiger partial charge in [-0.3, -0.25) is 14.5 Å². The van der Waals surface area contributed by atoms with Crippen molar-refractivity contribution in [1.82, 2.24) is 4.90 Å². The van der Waals surface area contributed by atoms with Gasteiger partial charge in [0.15, 0.2) is 0 Å². The quantitative estimate of drug-likeness (QED) is 0.665. The molecule has 1 saturated carbocycles. The lowest BCUT2D eigenvalue weighted by Crippen LogP contribution is -2.35. The molecular formula is C14H15ClN2O2. The molecule has 0 bridgehead atoms. The Hall–Kier alpha value is -1.55. The highest BCUT2D eigenvalue weighted by Gasteiger charge is 2.72. The Labute approximate surface area is 116 Å².